The summed E-state index contributed by atoms with van der Waals surface area (Å²) in [4.78, 5) is 0. The molecule has 1 fully saturated rings. The van der Waals surface area contributed by atoms with E-state index in [1.807, 2.05) is 0 Å². The third-order valence-corrected chi connectivity index (χ3v) is 4.56. The van der Waals surface area contributed by atoms with E-state index in [1.54, 1.807) is 5.57 Å². The molecule has 98 valence electrons. The average Bonchev–Trinajstić information content (AvgIpc) is 2.97. The van der Waals surface area contributed by atoms with Crippen molar-refractivity contribution >= 4 is 0 Å². The Hall–Kier alpha value is -0.300. The lowest BCUT2D eigenvalue weighted by Crippen LogP contribution is -2.30. The smallest absolute Gasteiger partial charge is 0.000793 e. The molecule has 0 heterocycles. The first kappa shape index (κ1) is 13.1. The molecule has 0 bridgehead atoms. The van der Waals surface area contributed by atoms with Gasteiger partial charge in [0.1, 0.15) is 0 Å². The largest absolute Gasteiger partial charge is 0.316 e. The molecule has 0 radical (unpaired) electrons. The molecule has 2 aliphatic carbocycles. The van der Waals surface area contributed by atoms with E-state index in [0.717, 1.165) is 11.8 Å². The van der Waals surface area contributed by atoms with Crippen LogP contribution in [0.2, 0.25) is 0 Å². The van der Waals surface area contributed by atoms with Gasteiger partial charge >= 0.3 is 0 Å². The Labute approximate surface area is 107 Å². The van der Waals surface area contributed by atoms with Crippen molar-refractivity contribution in [1.82, 2.24) is 5.32 Å². The summed E-state index contributed by atoms with van der Waals surface area (Å²) in [6.45, 7) is 9.48. The minimum Gasteiger partial charge on any atom is -0.316 e. The Morgan fingerprint density at radius 2 is 2.18 bits per heavy atom. The molecule has 2 rings (SSSR count). The molecule has 0 aromatic carbocycles. The minimum absolute atomic E-state index is 0.708. The summed E-state index contributed by atoms with van der Waals surface area (Å²) in [5.41, 5.74) is 2.31. The highest BCUT2D eigenvalue weighted by molar-refractivity contribution is 5.06. The molecule has 1 heteroatoms. The Kier molecular flexibility index (Phi) is 4.30. The summed E-state index contributed by atoms with van der Waals surface area (Å²) < 4.78 is 0. The Morgan fingerprint density at radius 1 is 1.41 bits per heavy atom. The molecular weight excluding hydrogens is 206 g/mol. The molecule has 0 aliphatic heterocycles. The molecule has 0 aromatic heterocycles. The number of allylic oxidation sites excluding steroid dienone is 2. The lowest BCUT2D eigenvalue weighted by atomic mass is 9.83. The molecule has 17 heavy (non-hydrogen) atoms. The lowest BCUT2D eigenvalue weighted by molar-refractivity contribution is 0.350. The van der Waals surface area contributed by atoms with E-state index >= 15 is 0 Å². The monoisotopic (exact) mass is 235 g/mol. The first-order valence-electron chi connectivity index (χ1n) is 7.51. The van der Waals surface area contributed by atoms with Gasteiger partial charge in [-0.15, -0.1) is 0 Å². The first-order chi connectivity index (χ1) is 8.13. The molecule has 1 nitrogen and oxygen atoms in total. The molecule has 0 aromatic rings. The van der Waals surface area contributed by atoms with E-state index in [2.05, 4.69) is 32.2 Å². The van der Waals surface area contributed by atoms with Gasteiger partial charge in [0.25, 0.3) is 0 Å². The van der Waals surface area contributed by atoms with Gasteiger partial charge in [0.2, 0.25) is 0 Å². The van der Waals surface area contributed by atoms with Crippen molar-refractivity contribution in [2.24, 2.45) is 17.3 Å². The number of rotatable bonds is 6. The maximum Gasteiger partial charge on any atom is 0.000793 e. The second kappa shape index (κ2) is 5.56. The summed E-state index contributed by atoms with van der Waals surface area (Å²) in [6.07, 6.45) is 10.9. The van der Waals surface area contributed by atoms with Gasteiger partial charge in [-0.05, 0) is 62.8 Å². The van der Waals surface area contributed by atoms with Gasteiger partial charge in [0, 0.05) is 6.54 Å². The van der Waals surface area contributed by atoms with Gasteiger partial charge in [0.15, 0.2) is 0 Å². The second-order valence-electron chi connectivity index (χ2n) is 6.68. The van der Waals surface area contributed by atoms with E-state index in [-0.39, 0.29) is 0 Å². The molecule has 1 saturated carbocycles. The van der Waals surface area contributed by atoms with Gasteiger partial charge < -0.3 is 5.32 Å². The van der Waals surface area contributed by atoms with Gasteiger partial charge in [-0.25, -0.2) is 0 Å². The zero-order chi connectivity index (χ0) is 12.3. The highest BCUT2D eigenvalue weighted by Crippen LogP contribution is 2.48. The molecule has 0 spiro atoms. The fourth-order valence-corrected chi connectivity index (χ4v) is 3.61. The zero-order valence-electron chi connectivity index (χ0n) is 11.9. The molecule has 0 saturated heterocycles. The summed E-state index contributed by atoms with van der Waals surface area (Å²) >= 11 is 0. The summed E-state index contributed by atoms with van der Waals surface area (Å²) in [7, 11) is 0. The van der Waals surface area contributed by atoms with E-state index in [0.29, 0.717) is 5.41 Å². The zero-order valence-corrected chi connectivity index (χ0v) is 11.9. The van der Waals surface area contributed by atoms with Gasteiger partial charge in [0.05, 0.1) is 0 Å². The van der Waals surface area contributed by atoms with Crippen LogP contribution in [0.25, 0.3) is 0 Å². The van der Waals surface area contributed by atoms with Crippen LogP contribution < -0.4 is 5.32 Å². The Morgan fingerprint density at radius 3 is 2.76 bits per heavy atom. The van der Waals surface area contributed by atoms with Crippen molar-refractivity contribution in [3.8, 4) is 0 Å². The topological polar surface area (TPSA) is 12.0 Å². The van der Waals surface area contributed by atoms with Crippen molar-refractivity contribution in [3.05, 3.63) is 11.6 Å². The second-order valence-corrected chi connectivity index (χ2v) is 6.68. The molecule has 1 N–H and O–H groups in total. The standard InChI is InChI=1S/C16H29N/c1-4-5-16(6-7-16)12-17-11-15-9-13(2)8-14(3)10-15/h8,13,15,17H,4-7,9-12H2,1-3H3. The maximum atomic E-state index is 3.76. The highest BCUT2D eigenvalue weighted by atomic mass is 14.9. The average molecular weight is 235 g/mol. The summed E-state index contributed by atoms with van der Waals surface area (Å²) in [6, 6.07) is 0. The Balaban J connectivity index is 1.67. The van der Waals surface area contributed by atoms with E-state index in [1.165, 1.54) is 51.6 Å². The lowest BCUT2D eigenvalue weighted by Gasteiger charge is -2.26. The van der Waals surface area contributed by atoms with Gasteiger partial charge in [-0.1, -0.05) is 31.9 Å². The first-order valence-corrected chi connectivity index (χ1v) is 7.51. The van der Waals surface area contributed by atoms with Crippen molar-refractivity contribution in [3.63, 3.8) is 0 Å². The highest BCUT2D eigenvalue weighted by Gasteiger charge is 2.40. The van der Waals surface area contributed by atoms with E-state index < -0.39 is 0 Å². The maximum absolute atomic E-state index is 3.76. The normalized spacial score (nSPS) is 31.1. The fourth-order valence-electron chi connectivity index (χ4n) is 3.61. The predicted molar refractivity (Wildman–Crippen MR) is 75.1 cm³/mol. The molecule has 2 atom stereocenters. The molecule has 0 amide bonds. The van der Waals surface area contributed by atoms with Crippen LogP contribution in [0.4, 0.5) is 0 Å². The van der Waals surface area contributed by atoms with Crippen LogP contribution in [0.15, 0.2) is 11.6 Å². The van der Waals surface area contributed by atoms with Crippen molar-refractivity contribution in [2.45, 2.75) is 59.3 Å². The van der Waals surface area contributed by atoms with Crippen LogP contribution in [0.3, 0.4) is 0 Å². The van der Waals surface area contributed by atoms with Crippen LogP contribution in [-0.4, -0.2) is 13.1 Å². The van der Waals surface area contributed by atoms with E-state index in [4.69, 9.17) is 0 Å². The van der Waals surface area contributed by atoms with Crippen molar-refractivity contribution in [1.29, 1.82) is 0 Å². The molecular formula is C16H29N. The van der Waals surface area contributed by atoms with Crippen LogP contribution in [0, 0.1) is 17.3 Å². The number of nitrogens with one attached hydrogen (secondary N) is 1. The summed E-state index contributed by atoms with van der Waals surface area (Å²) in [5, 5.41) is 3.76. The van der Waals surface area contributed by atoms with Crippen molar-refractivity contribution in [2.75, 3.05) is 13.1 Å². The Bertz CT molecular complexity index is 275. The third kappa shape index (κ3) is 3.84. The van der Waals surface area contributed by atoms with E-state index in [9.17, 15) is 0 Å². The van der Waals surface area contributed by atoms with Crippen LogP contribution >= 0.6 is 0 Å². The third-order valence-electron chi connectivity index (χ3n) is 4.56. The quantitative estimate of drug-likeness (QED) is 0.682. The minimum atomic E-state index is 0.708. The van der Waals surface area contributed by atoms with Crippen LogP contribution in [-0.2, 0) is 0 Å². The van der Waals surface area contributed by atoms with Crippen LogP contribution in [0.5, 0.6) is 0 Å². The number of hydrogen-bond donors (Lipinski definition) is 1. The van der Waals surface area contributed by atoms with Crippen molar-refractivity contribution < 1.29 is 0 Å². The van der Waals surface area contributed by atoms with Crippen LogP contribution in [0.1, 0.15) is 59.3 Å². The number of hydrogen-bond acceptors (Lipinski definition) is 1. The predicted octanol–water partition coefficient (Wildman–Crippen LogP) is 4.15. The SMILES string of the molecule is CCCC1(CNCC2CC(C)=CC(C)C2)CC1. The van der Waals surface area contributed by atoms with Gasteiger partial charge in [-0.3, -0.25) is 0 Å². The molecule has 2 aliphatic rings. The molecule has 2 unspecified atom stereocenters. The van der Waals surface area contributed by atoms with Gasteiger partial charge in [-0.2, -0.15) is 0 Å². The fraction of sp³-hybridized carbons (Fsp3) is 0.875. The summed E-state index contributed by atoms with van der Waals surface area (Å²) in [5.74, 6) is 1.67.